The van der Waals surface area contributed by atoms with E-state index in [2.05, 4.69) is 14.7 Å². The molecule has 39 heavy (non-hydrogen) atoms. The third-order valence-electron chi connectivity index (χ3n) is 7.83. The van der Waals surface area contributed by atoms with Gasteiger partial charge >= 0.3 is 0 Å². The van der Waals surface area contributed by atoms with Gasteiger partial charge in [0.15, 0.2) is 0 Å². The SMILES string of the molecule is CC1COCC(O)(CN2CCN(CC3(O)COCC(C)OC3)CCN(CC3(O)COCC(C)OC3)CC2)CO1. The second-order valence-electron chi connectivity index (χ2n) is 12.4. The topological polar surface area (TPSA) is 126 Å². The Kier molecular flexibility index (Phi) is 11.4. The molecule has 12 heteroatoms. The van der Waals surface area contributed by atoms with Crippen molar-refractivity contribution < 1.29 is 43.7 Å². The Morgan fingerprint density at radius 3 is 1.00 bits per heavy atom. The molecule has 0 aromatic carbocycles. The van der Waals surface area contributed by atoms with Crippen LogP contribution in [-0.4, -0.2) is 183 Å². The summed E-state index contributed by atoms with van der Waals surface area (Å²) in [7, 11) is 0. The molecule has 4 rings (SSSR count). The van der Waals surface area contributed by atoms with Crippen molar-refractivity contribution in [1.82, 2.24) is 14.7 Å². The number of hydrogen-bond acceptors (Lipinski definition) is 12. The Labute approximate surface area is 233 Å². The molecule has 228 valence electrons. The van der Waals surface area contributed by atoms with E-state index >= 15 is 0 Å². The van der Waals surface area contributed by atoms with Crippen LogP contribution < -0.4 is 0 Å². The summed E-state index contributed by atoms with van der Waals surface area (Å²) >= 11 is 0. The van der Waals surface area contributed by atoms with Crippen LogP contribution in [0.3, 0.4) is 0 Å². The molecule has 3 N–H and O–H groups in total. The summed E-state index contributed by atoms with van der Waals surface area (Å²) < 4.78 is 34.6. The van der Waals surface area contributed by atoms with E-state index in [-0.39, 0.29) is 58.0 Å². The number of nitrogens with zero attached hydrogens (tertiary/aromatic N) is 3. The summed E-state index contributed by atoms with van der Waals surface area (Å²) in [5, 5.41) is 34.0. The first kappa shape index (κ1) is 31.5. The molecule has 0 aromatic rings. The molecule has 4 aliphatic heterocycles. The molecular formula is C27H51N3O9. The molecule has 4 heterocycles. The molecular weight excluding hydrogens is 510 g/mol. The van der Waals surface area contributed by atoms with Crippen LogP contribution in [-0.2, 0) is 28.4 Å². The minimum Gasteiger partial charge on any atom is -0.384 e. The molecule has 0 amide bonds. The lowest BCUT2D eigenvalue weighted by Gasteiger charge is -2.35. The minimum atomic E-state index is -1.11. The average Bonchev–Trinajstić information content (AvgIpc) is 3.21. The maximum Gasteiger partial charge on any atom is 0.124 e. The molecule has 0 saturated carbocycles. The van der Waals surface area contributed by atoms with Crippen LogP contribution in [0.25, 0.3) is 0 Å². The Morgan fingerprint density at radius 1 is 0.487 bits per heavy atom. The van der Waals surface area contributed by atoms with Gasteiger partial charge in [0.1, 0.15) is 16.8 Å². The number of rotatable bonds is 6. The minimum absolute atomic E-state index is 0.0551. The molecule has 4 fully saturated rings. The summed E-state index contributed by atoms with van der Waals surface area (Å²) in [5.74, 6) is 0. The lowest BCUT2D eigenvalue weighted by Crippen LogP contribution is -2.53. The van der Waals surface area contributed by atoms with Crippen LogP contribution in [0.15, 0.2) is 0 Å². The van der Waals surface area contributed by atoms with Crippen molar-refractivity contribution in [2.24, 2.45) is 0 Å². The summed E-state index contributed by atoms with van der Waals surface area (Å²) in [6, 6.07) is 0. The predicted octanol–water partition coefficient (Wildman–Crippen LogP) is -1.59. The van der Waals surface area contributed by atoms with Crippen LogP contribution in [0.2, 0.25) is 0 Å². The third-order valence-corrected chi connectivity index (χ3v) is 7.83. The van der Waals surface area contributed by atoms with Gasteiger partial charge in [0.2, 0.25) is 0 Å². The second kappa shape index (κ2) is 14.1. The number of β-amino-alcohol motifs (C(OH)–C–C–N with tert-alkyl or cyclic N) is 3. The lowest BCUT2D eigenvalue weighted by molar-refractivity contribution is -0.0850. The third kappa shape index (κ3) is 10.1. The van der Waals surface area contributed by atoms with E-state index in [1.807, 2.05) is 20.8 Å². The van der Waals surface area contributed by atoms with E-state index in [1.54, 1.807) is 0 Å². The fourth-order valence-corrected chi connectivity index (χ4v) is 5.59. The average molecular weight is 562 g/mol. The molecule has 4 saturated heterocycles. The Morgan fingerprint density at radius 2 is 0.744 bits per heavy atom. The largest absolute Gasteiger partial charge is 0.384 e. The first-order valence-corrected chi connectivity index (χ1v) is 14.5. The Bertz CT molecular complexity index is 646. The van der Waals surface area contributed by atoms with Crippen molar-refractivity contribution in [3.05, 3.63) is 0 Å². The smallest absolute Gasteiger partial charge is 0.124 e. The fraction of sp³-hybridized carbons (Fsp3) is 1.00. The van der Waals surface area contributed by atoms with Gasteiger partial charge in [-0.3, -0.25) is 14.7 Å². The molecule has 0 aliphatic carbocycles. The maximum absolute atomic E-state index is 11.3. The van der Waals surface area contributed by atoms with Gasteiger partial charge in [0, 0.05) is 58.9 Å². The van der Waals surface area contributed by atoms with Gasteiger partial charge in [0.25, 0.3) is 0 Å². The molecule has 0 spiro atoms. The van der Waals surface area contributed by atoms with Crippen molar-refractivity contribution in [2.75, 3.05) is 118 Å². The highest BCUT2D eigenvalue weighted by molar-refractivity contribution is 4.90. The normalized spacial score (nSPS) is 41.5. The highest BCUT2D eigenvalue weighted by atomic mass is 16.6. The van der Waals surface area contributed by atoms with E-state index in [9.17, 15) is 15.3 Å². The molecule has 4 aliphatic rings. The zero-order valence-electron chi connectivity index (χ0n) is 24.1. The zero-order valence-corrected chi connectivity index (χ0v) is 24.1. The van der Waals surface area contributed by atoms with Crippen LogP contribution in [0.4, 0.5) is 0 Å². The number of hydrogen-bond donors (Lipinski definition) is 3. The monoisotopic (exact) mass is 561 g/mol. The van der Waals surface area contributed by atoms with Gasteiger partial charge in [-0.2, -0.15) is 0 Å². The highest BCUT2D eigenvalue weighted by Gasteiger charge is 2.38. The van der Waals surface area contributed by atoms with Crippen LogP contribution in [0.5, 0.6) is 0 Å². The Hall–Kier alpha value is -0.480. The van der Waals surface area contributed by atoms with Gasteiger partial charge in [-0.05, 0) is 20.8 Å². The number of ether oxygens (including phenoxy) is 6. The van der Waals surface area contributed by atoms with Gasteiger partial charge in [-0.25, -0.2) is 0 Å². The summed E-state index contributed by atoms with van der Waals surface area (Å²) in [6.07, 6.45) is -0.165. The van der Waals surface area contributed by atoms with E-state index in [0.29, 0.717) is 78.7 Å². The van der Waals surface area contributed by atoms with Crippen LogP contribution >= 0.6 is 0 Å². The van der Waals surface area contributed by atoms with E-state index < -0.39 is 16.8 Å². The van der Waals surface area contributed by atoms with E-state index in [4.69, 9.17) is 28.4 Å². The van der Waals surface area contributed by atoms with E-state index in [1.165, 1.54) is 0 Å². The van der Waals surface area contributed by atoms with Crippen molar-refractivity contribution in [1.29, 1.82) is 0 Å². The standard InChI is InChI=1S/C27H51N3O9/c1-22-10-34-16-25(31,19-37-22)13-28-4-6-29(14-26(32)17-35-11-23(2)38-20-26)8-9-30(7-5-28)15-27(33)18-36-12-24(3)39-21-27/h22-24,31-33H,4-21H2,1-3H3. The zero-order chi connectivity index (χ0) is 27.9. The molecule has 0 bridgehead atoms. The van der Waals surface area contributed by atoms with Gasteiger partial charge in [-0.1, -0.05) is 0 Å². The Balaban J connectivity index is 1.45. The molecule has 0 radical (unpaired) electrons. The predicted molar refractivity (Wildman–Crippen MR) is 143 cm³/mol. The van der Waals surface area contributed by atoms with Gasteiger partial charge in [0.05, 0.1) is 77.8 Å². The van der Waals surface area contributed by atoms with Gasteiger partial charge < -0.3 is 43.7 Å². The van der Waals surface area contributed by atoms with E-state index in [0.717, 1.165) is 0 Å². The molecule has 12 nitrogen and oxygen atoms in total. The fourth-order valence-electron chi connectivity index (χ4n) is 5.59. The summed E-state index contributed by atoms with van der Waals surface area (Å²) in [6.45, 7) is 14.0. The summed E-state index contributed by atoms with van der Waals surface area (Å²) in [4.78, 5) is 6.69. The lowest BCUT2D eigenvalue weighted by atomic mass is 10.1. The highest BCUT2D eigenvalue weighted by Crippen LogP contribution is 2.20. The second-order valence-corrected chi connectivity index (χ2v) is 12.4. The molecule has 0 aromatic heterocycles. The van der Waals surface area contributed by atoms with Crippen molar-refractivity contribution in [3.63, 3.8) is 0 Å². The number of aliphatic hydroxyl groups is 3. The molecule has 6 atom stereocenters. The molecule has 6 unspecified atom stereocenters. The van der Waals surface area contributed by atoms with Crippen molar-refractivity contribution >= 4 is 0 Å². The quantitative estimate of drug-likeness (QED) is 0.346. The first-order valence-electron chi connectivity index (χ1n) is 14.5. The van der Waals surface area contributed by atoms with Crippen LogP contribution in [0, 0.1) is 0 Å². The summed E-state index contributed by atoms with van der Waals surface area (Å²) in [5.41, 5.74) is -3.32. The van der Waals surface area contributed by atoms with Gasteiger partial charge in [-0.15, -0.1) is 0 Å². The maximum atomic E-state index is 11.3. The van der Waals surface area contributed by atoms with Crippen molar-refractivity contribution in [3.8, 4) is 0 Å². The van der Waals surface area contributed by atoms with Crippen LogP contribution in [0.1, 0.15) is 20.8 Å². The van der Waals surface area contributed by atoms with Crippen molar-refractivity contribution in [2.45, 2.75) is 55.9 Å². The first-order chi connectivity index (χ1) is 18.5.